The summed E-state index contributed by atoms with van der Waals surface area (Å²) in [5.74, 6) is -0.946. The Labute approximate surface area is 513 Å². The lowest BCUT2D eigenvalue weighted by atomic mass is 10.0. The van der Waals surface area contributed by atoms with Crippen molar-refractivity contribution in [2.75, 3.05) is 13.2 Å². The van der Waals surface area contributed by atoms with Crippen molar-refractivity contribution >= 4 is 17.9 Å². The summed E-state index contributed by atoms with van der Waals surface area (Å²) in [6.07, 6.45) is 98.0. The van der Waals surface area contributed by atoms with E-state index in [2.05, 4.69) is 142 Å². The van der Waals surface area contributed by atoms with Crippen LogP contribution in [0.5, 0.6) is 0 Å². The molecular weight excluding hydrogens is 1020 g/mol. The summed E-state index contributed by atoms with van der Waals surface area (Å²) in [6.45, 7) is 6.47. The molecule has 0 saturated carbocycles. The summed E-state index contributed by atoms with van der Waals surface area (Å²) in [4.78, 5) is 38.4. The largest absolute Gasteiger partial charge is 0.462 e. The van der Waals surface area contributed by atoms with Gasteiger partial charge in [-0.25, -0.2) is 0 Å². The zero-order valence-corrected chi connectivity index (χ0v) is 54.4. The topological polar surface area (TPSA) is 78.9 Å². The number of ether oxygens (including phenoxy) is 3. The van der Waals surface area contributed by atoms with Crippen LogP contribution in [0, 0.1) is 0 Å². The van der Waals surface area contributed by atoms with E-state index < -0.39 is 6.10 Å². The molecule has 0 aromatic carbocycles. The molecule has 0 amide bonds. The van der Waals surface area contributed by atoms with E-state index in [0.717, 1.165) is 128 Å². The monoisotopic (exact) mass is 1150 g/mol. The van der Waals surface area contributed by atoms with E-state index in [1.165, 1.54) is 154 Å². The lowest BCUT2D eigenvalue weighted by molar-refractivity contribution is -0.167. The van der Waals surface area contributed by atoms with Gasteiger partial charge in [0, 0.05) is 19.3 Å². The van der Waals surface area contributed by atoms with Gasteiger partial charge in [0.25, 0.3) is 0 Å². The molecule has 0 aromatic rings. The lowest BCUT2D eigenvalue weighted by Crippen LogP contribution is -2.30. The summed E-state index contributed by atoms with van der Waals surface area (Å²) in [5.41, 5.74) is 0. The average molecular weight is 1150 g/mol. The lowest BCUT2D eigenvalue weighted by Gasteiger charge is -2.18. The minimum atomic E-state index is -0.806. The van der Waals surface area contributed by atoms with Crippen LogP contribution < -0.4 is 0 Å². The van der Waals surface area contributed by atoms with Crippen molar-refractivity contribution in [3.05, 3.63) is 122 Å². The molecule has 0 radical (unpaired) electrons. The second-order valence-corrected chi connectivity index (χ2v) is 23.1. The predicted molar refractivity (Wildman–Crippen MR) is 362 cm³/mol. The molecule has 0 fully saturated rings. The molecule has 0 saturated heterocycles. The minimum absolute atomic E-state index is 0.0992. The van der Waals surface area contributed by atoms with Crippen LogP contribution in [0.15, 0.2) is 122 Å². The molecule has 474 valence electrons. The molecule has 1 atom stereocenters. The average Bonchev–Trinajstić information content (AvgIpc) is 3.50. The van der Waals surface area contributed by atoms with Crippen molar-refractivity contribution in [3.63, 3.8) is 0 Å². The van der Waals surface area contributed by atoms with Gasteiger partial charge in [-0.3, -0.25) is 14.4 Å². The standard InChI is InChI=1S/C77H130O6/c1-4-7-10-13-16-19-22-25-28-30-32-34-36-38-39-40-42-43-45-47-49-52-55-58-61-64-67-70-76(79)82-73-74(72-81-75(78)69-66-63-60-57-54-51-27-24-21-18-15-12-9-6-3)83-77(80)71-68-65-62-59-56-53-50-48-46-44-41-37-35-33-31-29-26-23-20-17-14-11-8-5-2/h7,10,15-16,18-19,24-25,27-28,32,34,38-39,42-43,47,49,55,58,74H,4-6,8-9,11-14,17,20-23,26,29-31,33,35-37,40-41,44-46,48,50-54,56-57,59-73H2,1-3H3/b10-7-,18-15-,19-16-,27-24-,28-25-,34-32-,39-38-,43-42-,49-47-,58-55-. The van der Waals surface area contributed by atoms with Gasteiger partial charge in [0.2, 0.25) is 0 Å². The van der Waals surface area contributed by atoms with E-state index in [4.69, 9.17) is 14.2 Å². The normalized spacial score (nSPS) is 12.9. The van der Waals surface area contributed by atoms with Crippen molar-refractivity contribution < 1.29 is 28.6 Å². The van der Waals surface area contributed by atoms with Crippen LogP contribution in [0.3, 0.4) is 0 Å². The van der Waals surface area contributed by atoms with Crippen molar-refractivity contribution in [1.29, 1.82) is 0 Å². The first-order chi connectivity index (χ1) is 41.0. The summed E-state index contributed by atoms with van der Waals surface area (Å²) >= 11 is 0. The van der Waals surface area contributed by atoms with Crippen LogP contribution in [0.4, 0.5) is 0 Å². The molecule has 6 nitrogen and oxygen atoms in total. The second-order valence-electron chi connectivity index (χ2n) is 23.1. The summed E-state index contributed by atoms with van der Waals surface area (Å²) < 4.78 is 16.9. The maximum Gasteiger partial charge on any atom is 0.306 e. The van der Waals surface area contributed by atoms with Crippen molar-refractivity contribution in [3.8, 4) is 0 Å². The number of allylic oxidation sites excluding steroid dienone is 20. The molecule has 83 heavy (non-hydrogen) atoms. The van der Waals surface area contributed by atoms with Crippen LogP contribution in [0.25, 0.3) is 0 Å². The summed E-state index contributed by atoms with van der Waals surface area (Å²) in [7, 11) is 0. The highest BCUT2D eigenvalue weighted by molar-refractivity contribution is 5.71. The van der Waals surface area contributed by atoms with Gasteiger partial charge in [-0.15, -0.1) is 0 Å². The number of rotatable bonds is 63. The van der Waals surface area contributed by atoms with Gasteiger partial charge >= 0.3 is 17.9 Å². The van der Waals surface area contributed by atoms with Gasteiger partial charge in [0.1, 0.15) is 13.2 Å². The number of hydrogen-bond acceptors (Lipinski definition) is 6. The molecule has 0 aliphatic rings. The fraction of sp³-hybridized carbons (Fsp3) is 0.701. The molecule has 0 aromatic heterocycles. The highest BCUT2D eigenvalue weighted by Gasteiger charge is 2.19. The fourth-order valence-corrected chi connectivity index (χ4v) is 9.71. The number of hydrogen-bond donors (Lipinski definition) is 0. The van der Waals surface area contributed by atoms with E-state index in [1.54, 1.807) is 0 Å². The molecule has 0 aliphatic carbocycles. The Morgan fingerprint density at radius 2 is 0.482 bits per heavy atom. The molecule has 0 heterocycles. The number of carbonyl (C=O) groups is 3. The van der Waals surface area contributed by atoms with Gasteiger partial charge in [-0.2, -0.15) is 0 Å². The Bertz CT molecular complexity index is 1700. The third-order valence-corrected chi connectivity index (χ3v) is 15.0. The maximum atomic E-state index is 13.0. The first-order valence-electron chi connectivity index (χ1n) is 35.0. The maximum absolute atomic E-state index is 13.0. The smallest absolute Gasteiger partial charge is 0.306 e. The molecule has 0 N–H and O–H groups in total. The Kier molecular flexibility index (Phi) is 66.7. The van der Waals surface area contributed by atoms with E-state index in [9.17, 15) is 14.4 Å². The third kappa shape index (κ3) is 68.5. The van der Waals surface area contributed by atoms with Gasteiger partial charge in [-0.05, 0) is 109 Å². The molecule has 0 spiro atoms. The molecule has 0 rings (SSSR count). The summed E-state index contributed by atoms with van der Waals surface area (Å²) in [5, 5.41) is 0. The van der Waals surface area contributed by atoms with Crippen LogP contribution >= 0.6 is 0 Å². The van der Waals surface area contributed by atoms with Gasteiger partial charge in [-0.1, -0.05) is 322 Å². The zero-order valence-electron chi connectivity index (χ0n) is 54.4. The van der Waals surface area contributed by atoms with Crippen LogP contribution in [0.1, 0.15) is 329 Å². The third-order valence-electron chi connectivity index (χ3n) is 15.0. The zero-order chi connectivity index (χ0) is 59.9. The van der Waals surface area contributed by atoms with Crippen molar-refractivity contribution in [1.82, 2.24) is 0 Å². The first-order valence-corrected chi connectivity index (χ1v) is 35.0. The molecule has 6 heteroatoms. The Hall–Kier alpha value is -4.19. The Morgan fingerprint density at radius 1 is 0.253 bits per heavy atom. The van der Waals surface area contributed by atoms with E-state index in [1.807, 2.05) is 0 Å². The fourth-order valence-electron chi connectivity index (χ4n) is 9.71. The van der Waals surface area contributed by atoms with Gasteiger partial charge in [0.15, 0.2) is 6.10 Å². The minimum Gasteiger partial charge on any atom is -0.462 e. The first kappa shape index (κ1) is 78.8. The molecular formula is C77H130O6. The second kappa shape index (κ2) is 70.3. The molecule has 0 bridgehead atoms. The highest BCUT2D eigenvalue weighted by Crippen LogP contribution is 2.17. The number of unbranched alkanes of at least 4 members (excludes halogenated alkanes) is 32. The quantitative estimate of drug-likeness (QED) is 0.0261. The van der Waals surface area contributed by atoms with Crippen LogP contribution in [-0.2, 0) is 28.6 Å². The Morgan fingerprint density at radius 3 is 0.795 bits per heavy atom. The molecule has 1 unspecified atom stereocenters. The predicted octanol–water partition coefficient (Wildman–Crippen LogP) is 24.3. The summed E-state index contributed by atoms with van der Waals surface area (Å²) in [6, 6.07) is 0. The van der Waals surface area contributed by atoms with Crippen molar-refractivity contribution in [2.24, 2.45) is 0 Å². The van der Waals surface area contributed by atoms with Crippen molar-refractivity contribution in [2.45, 2.75) is 335 Å². The van der Waals surface area contributed by atoms with Gasteiger partial charge in [0.05, 0.1) is 0 Å². The van der Waals surface area contributed by atoms with E-state index >= 15 is 0 Å². The van der Waals surface area contributed by atoms with Crippen LogP contribution in [0.2, 0.25) is 0 Å². The Balaban J connectivity index is 4.40. The number of carbonyl (C=O) groups excluding carboxylic acids is 3. The van der Waals surface area contributed by atoms with E-state index in [-0.39, 0.29) is 31.1 Å². The molecule has 0 aliphatic heterocycles. The van der Waals surface area contributed by atoms with Crippen LogP contribution in [-0.4, -0.2) is 37.2 Å². The van der Waals surface area contributed by atoms with Gasteiger partial charge < -0.3 is 14.2 Å². The highest BCUT2D eigenvalue weighted by atomic mass is 16.6. The number of esters is 3. The SMILES string of the molecule is CC/C=C\C/C=C\C/C=C\C/C=C\C/C=C\C/C=C\C/C=C\C/C=C\CCCCC(=O)OCC(COC(=O)CCCCCCC/C=C\C/C=C\CCCC)OC(=O)CCCCCCCCCCCCCCCCCCCCCCCCCC. The van der Waals surface area contributed by atoms with E-state index in [0.29, 0.717) is 25.7 Å².